The third-order valence-electron chi connectivity index (χ3n) is 4.16. The van der Waals surface area contributed by atoms with E-state index in [1.807, 2.05) is 0 Å². The molecule has 0 aliphatic carbocycles. The number of hydrogen-bond acceptors (Lipinski definition) is 5. The number of carbonyl (C=O) groups is 1. The molecule has 0 unspecified atom stereocenters. The summed E-state index contributed by atoms with van der Waals surface area (Å²) in [6.45, 7) is 1.04. The quantitative estimate of drug-likeness (QED) is 0.881. The lowest BCUT2D eigenvalue weighted by Crippen LogP contribution is -2.35. The average molecular weight is 364 g/mol. The van der Waals surface area contributed by atoms with Crippen LogP contribution in [-0.2, 0) is 10.0 Å². The van der Waals surface area contributed by atoms with Gasteiger partial charge in [-0.3, -0.25) is 4.79 Å². The lowest BCUT2D eigenvalue weighted by Gasteiger charge is -2.26. The van der Waals surface area contributed by atoms with E-state index in [0.29, 0.717) is 30.1 Å². The highest BCUT2D eigenvalue weighted by molar-refractivity contribution is 7.89. The Labute approximate surface area is 146 Å². The van der Waals surface area contributed by atoms with E-state index in [1.165, 1.54) is 42.1 Å². The van der Waals surface area contributed by atoms with Crippen LogP contribution in [0.25, 0.3) is 0 Å². The van der Waals surface area contributed by atoms with Crippen molar-refractivity contribution in [3.8, 4) is 5.75 Å². The van der Waals surface area contributed by atoms with Crippen molar-refractivity contribution in [3.05, 3.63) is 42.4 Å². The zero-order valence-corrected chi connectivity index (χ0v) is 14.7. The number of furan rings is 1. The van der Waals surface area contributed by atoms with Crippen molar-refractivity contribution in [2.45, 2.75) is 24.2 Å². The minimum atomic E-state index is -3.59. The maximum absolute atomic E-state index is 12.8. The lowest BCUT2D eigenvalue weighted by molar-refractivity contribution is 0.102. The maximum atomic E-state index is 12.8. The van der Waals surface area contributed by atoms with Gasteiger partial charge in [-0.25, -0.2) is 8.42 Å². The molecule has 8 heteroatoms. The van der Waals surface area contributed by atoms with Gasteiger partial charge in [-0.2, -0.15) is 4.31 Å². The van der Waals surface area contributed by atoms with Crippen LogP contribution in [0.1, 0.15) is 29.6 Å². The number of amides is 1. The topological polar surface area (TPSA) is 88.9 Å². The van der Waals surface area contributed by atoms with Crippen molar-refractivity contribution in [2.75, 3.05) is 25.5 Å². The molecule has 25 heavy (non-hydrogen) atoms. The molecular formula is C17H20N2O5S. The number of nitrogens with zero attached hydrogens (tertiary/aromatic N) is 1. The van der Waals surface area contributed by atoms with Crippen molar-refractivity contribution in [1.29, 1.82) is 0 Å². The molecule has 2 aromatic rings. The Morgan fingerprint density at radius 1 is 1.20 bits per heavy atom. The fourth-order valence-corrected chi connectivity index (χ4v) is 4.33. The van der Waals surface area contributed by atoms with Gasteiger partial charge < -0.3 is 14.5 Å². The SMILES string of the molecule is COc1ccc(S(=O)(=O)N2CCCCC2)cc1NC(=O)c1ccoc1. The third kappa shape index (κ3) is 3.69. The van der Waals surface area contributed by atoms with Gasteiger partial charge in [0.2, 0.25) is 10.0 Å². The standard InChI is InChI=1S/C17H20N2O5S/c1-23-16-6-5-14(25(21,22)19-8-3-2-4-9-19)11-15(16)18-17(20)13-7-10-24-12-13/h5-7,10-12H,2-4,8-9H2,1H3,(H,18,20). The normalized spacial score (nSPS) is 15.7. The van der Waals surface area contributed by atoms with Crippen LogP contribution in [0.2, 0.25) is 0 Å². The van der Waals surface area contributed by atoms with E-state index in [4.69, 9.17) is 9.15 Å². The van der Waals surface area contributed by atoms with Gasteiger partial charge in [0.25, 0.3) is 5.91 Å². The summed E-state index contributed by atoms with van der Waals surface area (Å²) in [5.41, 5.74) is 0.637. The molecular weight excluding hydrogens is 344 g/mol. The van der Waals surface area contributed by atoms with Gasteiger partial charge in [0.05, 0.1) is 29.5 Å². The highest BCUT2D eigenvalue weighted by Crippen LogP contribution is 2.30. The second-order valence-corrected chi connectivity index (χ2v) is 7.73. The summed E-state index contributed by atoms with van der Waals surface area (Å²) in [5.74, 6) is -0.0194. The Morgan fingerprint density at radius 2 is 1.96 bits per heavy atom. The fraction of sp³-hybridized carbons (Fsp3) is 0.353. The molecule has 7 nitrogen and oxygen atoms in total. The predicted octanol–water partition coefficient (Wildman–Crippen LogP) is 2.72. The summed E-state index contributed by atoms with van der Waals surface area (Å²) in [6, 6.07) is 6.00. The van der Waals surface area contributed by atoms with E-state index in [0.717, 1.165) is 19.3 Å². The zero-order valence-electron chi connectivity index (χ0n) is 13.9. The number of sulfonamides is 1. The Kier molecular flexibility index (Phi) is 5.10. The number of rotatable bonds is 5. The van der Waals surface area contributed by atoms with E-state index in [-0.39, 0.29) is 4.90 Å². The predicted molar refractivity (Wildman–Crippen MR) is 92.3 cm³/mol. The zero-order chi connectivity index (χ0) is 17.9. The third-order valence-corrected chi connectivity index (χ3v) is 6.05. The first-order valence-corrected chi connectivity index (χ1v) is 9.48. The summed E-state index contributed by atoms with van der Waals surface area (Å²) in [6.07, 6.45) is 5.47. The number of ether oxygens (including phenoxy) is 1. The van der Waals surface area contributed by atoms with Crippen molar-refractivity contribution in [1.82, 2.24) is 4.31 Å². The summed E-state index contributed by atoms with van der Waals surface area (Å²) in [5, 5.41) is 2.67. The van der Waals surface area contributed by atoms with Gasteiger partial charge in [-0.05, 0) is 37.1 Å². The van der Waals surface area contributed by atoms with Crippen molar-refractivity contribution in [3.63, 3.8) is 0 Å². The van der Waals surface area contributed by atoms with Crippen LogP contribution >= 0.6 is 0 Å². The highest BCUT2D eigenvalue weighted by Gasteiger charge is 2.27. The molecule has 134 valence electrons. The first-order chi connectivity index (χ1) is 12.0. The highest BCUT2D eigenvalue weighted by atomic mass is 32.2. The summed E-state index contributed by atoms with van der Waals surface area (Å²) in [4.78, 5) is 12.4. The van der Waals surface area contributed by atoms with E-state index < -0.39 is 15.9 Å². The summed E-state index contributed by atoms with van der Waals surface area (Å²) >= 11 is 0. The molecule has 0 bridgehead atoms. The number of benzene rings is 1. The van der Waals surface area contributed by atoms with Crippen LogP contribution in [-0.4, -0.2) is 38.8 Å². The molecule has 1 aromatic carbocycles. The molecule has 2 heterocycles. The fourth-order valence-electron chi connectivity index (χ4n) is 2.79. The number of hydrogen-bond donors (Lipinski definition) is 1. The largest absolute Gasteiger partial charge is 0.495 e. The monoisotopic (exact) mass is 364 g/mol. The summed E-state index contributed by atoms with van der Waals surface area (Å²) < 4.78 is 37.2. The van der Waals surface area contributed by atoms with E-state index in [9.17, 15) is 13.2 Å². The average Bonchev–Trinajstić information content (AvgIpc) is 3.17. The van der Waals surface area contributed by atoms with Gasteiger partial charge in [0.1, 0.15) is 12.0 Å². The number of methoxy groups -OCH3 is 1. The van der Waals surface area contributed by atoms with Gasteiger partial charge in [0, 0.05) is 13.1 Å². The van der Waals surface area contributed by atoms with Gasteiger partial charge in [0.15, 0.2) is 0 Å². The van der Waals surface area contributed by atoms with Crippen LogP contribution in [0.3, 0.4) is 0 Å². The first kappa shape index (κ1) is 17.5. The molecule has 1 aromatic heterocycles. The minimum Gasteiger partial charge on any atom is -0.495 e. The molecule has 0 radical (unpaired) electrons. The Bertz CT molecular complexity index is 840. The van der Waals surface area contributed by atoms with Crippen molar-refractivity contribution < 1.29 is 22.4 Å². The molecule has 0 atom stereocenters. The van der Waals surface area contributed by atoms with E-state index in [1.54, 1.807) is 6.07 Å². The first-order valence-electron chi connectivity index (χ1n) is 8.04. The van der Waals surface area contributed by atoms with E-state index in [2.05, 4.69) is 5.32 Å². The van der Waals surface area contributed by atoms with Crippen LogP contribution in [0.5, 0.6) is 5.75 Å². The number of anilines is 1. The van der Waals surface area contributed by atoms with Crippen LogP contribution in [0.15, 0.2) is 46.1 Å². The molecule has 1 aliphatic heterocycles. The number of piperidine rings is 1. The molecule has 1 aliphatic rings. The second kappa shape index (κ2) is 7.28. The second-order valence-electron chi connectivity index (χ2n) is 5.79. The lowest BCUT2D eigenvalue weighted by atomic mass is 10.2. The smallest absolute Gasteiger partial charge is 0.259 e. The maximum Gasteiger partial charge on any atom is 0.259 e. The van der Waals surface area contributed by atoms with Gasteiger partial charge >= 0.3 is 0 Å². The van der Waals surface area contributed by atoms with Crippen molar-refractivity contribution >= 4 is 21.6 Å². The Balaban J connectivity index is 1.90. The van der Waals surface area contributed by atoms with Crippen LogP contribution < -0.4 is 10.1 Å². The van der Waals surface area contributed by atoms with Crippen LogP contribution in [0.4, 0.5) is 5.69 Å². The molecule has 1 amide bonds. The molecule has 0 spiro atoms. The number of nitrogens with one attached hydrogen (secondary N) is 1. The van der Waals surface area contributed by atoms with Crippen molar-refractivity contribution in [2.24, 2.45) is 0 Å². The van der Waals surface area contributed by atoms with Crippen LogP contribution in [0, 0.1) is 0 Å². The summed E-state index contributed by atoms with van der Waals surface area (Å²) in [7, 11) is -2.13. The Morgan fingerprint density at radius 3 is 2.60 bits per heavy atom. The molecule has 1 N–H and O–H groups in total. The van der Waals surface area contributed by atoms with Gasteiger partial charge in [-0.1, -0.05) is 6.42 Å². The molecule has 3 rings (SSSR count). The minimum absolute atomic E-state index is 0.137. The molecule has 0 saturated carbocycles. The molecule has 1 saturated heterocycles. The molecule has 1 fully saturated rings. The van der Waals surface area contributed by atoms with Gasteiger partial charge in [-0.15, -0.1) is 0 Å². The number of carbonyl (C=O) groups excluding carboxylic acids is 1. The Hall–Kier alpha value is -2.32. The van der Waals surface area contributed by atoms with E-state index >= 15 is 0 Å².